The molecule has 1 aromatic rings. The summed E-state index contributed by atoms with van der Waals surface area (Å²) in [6, 6.07) is 4.65. The monoisotopic (exact) mass is 446 g/mol. The van der Waals surface area contributed by atoms with E-state index in [4.69, 9.17) is 4.74 Å². The lowest BCUT2D eigenvalue weighted by Crippen LogP contribution is -2.60. The molecule has 174 valence electrons. The van der Waals surface area contributed by atoms with Crippen molar-refractivity contribution in [2.75, 3.05) is 26.2 Å². The maximum atomic E-state index is 12.9. The van der Waals surface area contributed by atoms with E-state index in [1.807, 2.05) is 13.8 Å². The fourth-order valence-corrected chi connectivity index (χ4v) is 3.67. The Balaban J connectivity index is 1.86. The van der Waals surface area contributed by atoms with Crippen LogP contribution in [0.1, 0.15) is 37.0 Å². The number of amides is 4. The molecule has 1 aromatic carbocycles. The zero-order valence-electron chi connectivity index (χ0n) is 18.3. The van der Waals surface area contributed by atoms with Gasteiger partial charge in [-0.15, -0.1) is 0 Å². The van der Waals surface area contributed by atoms with Crippen LogP contribution in [-0.2, 0) is 14.4 Å². The van der Waals surface area contributed by atoms with Crippen LogP contribution in [0.25, 0.3) is 0 Å². The predicted molar refractivity (Wildman–Crippen MR) is 115 cm³/mol. The molecule has 32 heavy (non-hydrogen) atoms. The van der Waals surface area contributed by atoms with Crippen molar-refractivity contribution in [1.29, 1.82) is 0 Å². The summed E-state index contributed by atoms with van der Waals surface area (Å²) in [5.41, 5.74) is 0.218. The minimum absolute atomic E-state index is 0.131. The summed E-state index contributed by atoms with van der Waals surface area (Å²) in [6.45, 7) is 4.50. The van der Waals surface area contributed by atoms with Crippen LogP contribution in [0.4, 0.5) is 0 Å². The zero-order valence-corrected chi connectivity index (χ0v) is 18.3. The first-order chi connectivity index (χ1) is 15.2. The van der Waals surface area contributed by atoms with Crippen LogP contribution in [0.5, 0.6) is 5.75 Å². The van der Waals surface area contributed by atoms with E-state index in [-0.39, 0.29) is 50.1 Å². The van der Waals surface area contributed by atoms with Crippen molar-refractivity contribution in [3.05, 3.63) is 29.8 Å². The van der Waals surface area contributed by atoms with Crippen LogP contribution in [0.15, 0.2) is 24.3 Å². The minimum atomic E-state index is -1.14. The molecule has 0 saturated carbocycles. The van der Waals surface area contributed by atoms with Crippen molar-refractivity contribution in [1.82, 2.24) is 20.9 Å². The molecule has 0 spiro atoms. The molecule has 1 saturated heterocycles. The summed E-state index contributed by atoms with van der Waals surface area (Å²) in [5.74, 6) is -1.41. The SMILES string of the molecule is CC(C)C[C@H]1NC(=O)C[C@@H](C(=O)N2CC(O)C2)NC(=O)c2ccccc2OCCNC1=O. The molecule has 10 nitrogen and oxygen atoms in total. The van der Waals surface area contributed by atoms with Gasteiger partial charge in [-0.05, 0) is 24.5 Å². The van der Waals surface area contributed by atoms with Crippen LogP contribution >= 0.6 is 0 Å². The average Bonchev–Trinajstić information content (AvgIpc) is 2.72. The van der Waals surface area contributed by atoms with Gasteiger partial charge in [-0.25, -0.2) is 0 Å². The number of aliphatic hydroxyl groups is 1. The minimum Gasteiger partial charge on any atom is -0.491 e. The first-order valence-corrected chi connectivity index (χ1v) is 10.8. The summed E-state index contributed by atoms with van der Waals surface area (Å²) in [6.07, 6.45) is -0.526. The zero-order chi connectivity index (χ0) is 23.3. The largest absolute Gasteiger partial charge is 0.491 e. The molecule has 0 unspecified atom stereocenters. The first kappa shape index (κ1) is 23.5. The third-order valence-corrected chi connectivity index (χ3v) is 5.32. The van der Waals surface area contributed by atoms with E-state index in [1.165, 1.54) is 4.90 Å². The van der Waals surface area contributed by atoms with E-state index in [2.05, 4.69) is 16.0 Å². The summed E-state index contributed by atoms with van der Waals surface area (Å²) >= 11 is 0. The molecule has 0 bridgehead atoms. The van der Waals surface area contributed by atoms with Crippen molar-refractivity contribution < 1.29 is 29.0 Å². The topological polar surface area (TPSA) is 137 Å². The van der Waals surface area contributed by atoms with Crippen molar-refractivity contribution in [3.8, 4) is 5.75 Å². The van der Waals surface area contributed by atoms with Gasteiger partial charge in [-0.3, -0.25) is 19.2 Å². The van der Waals surface area contributed by atoms with Crippen molar-refractivity contribution >= 4 is 23.6 Å². The third-order valence-electron chi connectivity index (χ3n) is 5.32. The normalized spacial score (nSPS) is 23.1. The number of carbonyl (C=O) groups excluding carboxylic acids is 4. The van der Waals surface area contributed by atoms with Gasteiger partial charge in [0.05, 0.1) is 24.6 Å². The molecule has 2 aliphatic rings. The Bertz CT molecular complexity index is 868. The molecule has 0 radical (unpaired) electrons. The van der Waals surface area contributed by atoms with Crippen LogP contribution in [0.3, 0.4) is 0 Å². The second-order valence-electron chi connectivity index (χ2n) is 8.51. The summed E-state index contributed by atoms with van der Waals surface area (Å²) in [7, 11) is 0. The number of likely N-dealkylation sites (tertiary alicyclic amines) is 1. The second-order valence-corrected chi connectivity index (χ2v) is 8.51. The Hall–Kier alpha value is -3.14. The Morgan fingerprint density at radius 1 is 1.19 bits per heavy atom. The summed E-state index contributed by atoms with van der Waals surface area (Å²) in [5, 5.41) is 17.6. The van der Waals surface area contributed by atoms with E-state index in [0.29, 0.717) is 12.2 Å². The number of nitrogens with one attached hydrogen (secondary N) is 3. The molecule has 4 N–H and O–H groups in total. The number of nitrogens with zero attached hydrogens (tertiary/aromatic N) is 1. The van der Waals surface area contributed by atoms with E-state index in [1.54, 1.807) is 24.3 Å². The highest BCUT2D eigenvalue weighted by atomic mass is 16.5. The molecule has 3 rings (SSSR count). The summed E-state index contributed by atoms with van der Waals surface area (Å²) < 4.78 is 5.69. The molecule has 2 atom stereocenters. The van der Waals surface area contributed by atoms with Gasteiger partial charge in [-0.2, -0.15) is 0 Å². The quantitative estimate of drug-likeness (QED) is 0.490. The van der Waals surface area contributed by atoms with Gasteiger partial charge in [-0.1, -0.05) is 26.0 Å². The highest BCUT2D eigenvalue weighted by molar-refractivity contribution is 6.01. The van der Waals surface area contributed by atoms with Gasteiger partial charge in [0.15, 0.2) is 0 Å². The van der Waals surface area contributed by atoms with Crippen LogP contribution in [0, 0.1) is 5.92 Å². The smallest absolute Gasteiger partial charge is 0.255 e. The lowest BCUT2D eigenvalue weighted by Gasteiger charge is -2.38. The molecular formula is C22H30N4O6. The highest BCUT2D eigenvalue weighted by Gasteiger charge is 2.36. The molecule has 0 aromatic heterocycles. The van der Waals surface area contributed by atoms with E-state index < -0.39 is 35.9 Å². The second kappa shape index (κ2) is 10.4. The summed E-state index contributed by atoms with van der Waals surface area (Å²) in [4.78, 5) is 52.6. The molecule has 0 aliphatic carbocycles. The number of benzene rings is 1. The lowest BCUT2D eigenvalue weighted by molar-refractivity contribution is -0.145. The van der Waals surface area contributed by atoms with Crippen molar-refractivity contribution in [3.63, 3.8) is 0 Å². The van der Waals surface area contributed by atoms with Gasteiger partial charge in [0, 0.05) is 13.1 Å². The third kappa shape index (κ3) is 5.97. The number of carbonyl (C=O) groups is 4. The average molecular weight is 447 g/mol. The number of fused-ring (bicyclic) bond motifs is 1. The standard InChI is InChI=1S/C22H30N4O6/c1-13(2)9-16-21(30)23-7-8-32-18-6-4-3-5-15(18)20(29)25-17(10-19(28)24-16)22(31)26-11-14(27)12-26/h3-6,13-14,16-17,27H,7-12H2,1-2H3,(H,23,30)(H,24,28)(H,25,29)/t16-,17+/m1/s1. The predicted octanol–water partition coefficient (Wildman–Crippen LogP) is -0.582. The molecule has 1 fully saturated rings. The first-order valence-electron chi connectivity index (χ1n) is 10.8. The van der Waals surface area contributed by atoms with E-state index in [9.17, 15) is 24.3 Å². The fourth-order valence-electron chi connectivity index (χ4n) is 3.67. The van der Waals surface area contributed by atoms with Gasteiger partial charge < -0.3 is 30.7 Å². The number of hydrogen-bond donors (Lipinski definition) is 4. The van der Waals surface area contributed by atoms with Gasteiger partial charge in [0.2, 0.25) is 17.7 Å². The number of rotatable bonds is 3. The lowest BCUT2D eigenvalue weighted by atomic mass is 10.0. The van der Waals surface area contributed by atoms with E-state index >= 15 is 0 Å². The van der Waals surface area contributed by atoms with Gasteiger partial charge in [0.1, 0.15) is 24.4 Å². The Kier molecular flexibility index (Phi) is 7.68. The Labute approximate surface area is 186 Å². The molecular weight excluding hydrogens is 416 g/mol. The maximum Gasteiger partial charge on any atom is 0.255 e. The van der Waals surface area contributed by atoms with Crippen LogP contribution < -0.4 is 20.7 Å². The number of hydrogen-bond acceptors (Lipinski definition) is 6. The van der Waals surface area contributed by atoms with Gasteiger partial charge in [0.25, 0.3) is 5.91 Å². The van der Waals surface area contributed by atoms with Crippen LogP contribution in [0.2, 0.25) is 0 Å². The molecule has 4 amide bonds. The highest BCUT2D eigenvalue weighted by Crippen LogP contribution is 2.19. The van der Waals surface area contributed by atoms with Crippen molar-refractivity contribution in [2.24, 2.45) is 5.92 Å². The molecule has 10 heteroatoms. The van der Waals surface area contributed by atoms with Crippen molar-refractivity contribution in [2.45, 2.75) is 44.9 Å². The Morgan fingerprint density at radius 2 is 1.91 bits per heavy atom. The van der Waals surface area contributed by atoms with Crippen LogP contribution in [-0.4, -0.2) is 78.1 Å². The molecule has 2 heterocycles. The number of para-hydroxylation sites is 1. The number of aliphatic hydroxyl groups excluding tert-OH is 1. The number of β-amino-alcohol motifs (C(OH)–C–C–N with tert-alkyl or cyclic N) is 1. The molecule has 2 aliphatic heterocycles. The van der Waals surface area contributed by atoms with Gasteiger partial charge >= 0.3 is 0 Å². The maximum absolute atomic E-state index is 12.9. The Morgan fingerprint density at radius 3 is 2.59 bits per heavy atom. The van der Waals surface area contributed by atoms with E-state index in [0.717, 1.165) is 0 Å². The number of ether oxygens (including phenoxy) is 1. The fraction of sp³-hybridized carbons (Fsp3) is 0.545.